The molecular weight excluding hydrogens is 246 g/mol. The Bertz CT molecular complexity index is 921. The molecule has 0 unspecified atom stereocenters. The number of aryl methyl sites for hydroxylation is 1. The Labute approximate surface area is 116 Å². The largest absolute Gasteiger partial charge is 0.456 e. The second-order valence-electron chi connectivity index (χ2n) is 5.03. The zero-order valence-corrected chi connectivity index (χ0v) is 11.1. The number of pyridine rings is 1. The maximum absolute atomic E-state index is 5.85. The predicted octanol–water partition coefficient (Wildman–Crippen LogP) is 4.96. The molecule has 0 aliphatic carbocycles. The summed E-state index contributed by atoms with van der Waals surface area (Å²) in [6.45, 7) is 2.08. The van der Waals surface area contributed by atoms with E-state index in [9.17, 15) is 0 Å². The lowest BCUT2D eigenvalue weighted by atomic mass is 10.1. The van der Waals surface area contributed by atoms with Gasteiger partial charge in [0.2, 0.25) is 0 Å². The van der Waals surface area contributed by atoms with E-state index in [2.05, 4.69) is 36.2 Å². The summed E-state index contributed by atoms with van der Waals surface area (Å²) >= 11 is 0. The molecule has 4 aromatic rings. The molecule has 0 radical (unpaired) electrons. The van der Waals surface area contributed by atoms with Crippen LogP contribution in [0.1, 0.15) is 5.56 Å². The molecule has 2 aromatic carbocycles. The molecule has 4 rings (SSSR count). The average molecular weight is 259 g/mol. The van der Waals surface area contributed by atoms with Gasteiger partial charge in [-0.05, 0) is 48.9 Å². The molecule has 2 heteroatoms. The monoisotopic (exact) mass is 259 g/mol. The third-order valence-electron chi connectivity index (χ3n) is 3.59. The first kappa shape index (κ1) is 11.2. The van der Waals surface area contributed by atoms with E-state index in [0.717, 1.165) is 33.2 Å². The molecule has 96 valence electrons. The van der Waals surface area contributed by atoms with Crippen LogP contribution in [0.15, 0.2) is 65.2 Å². The second kappa shape index (κ2) is 4.20. The van der Waals surface area contributed by atoms with Crippen LogP contribution in [0.25, 0.3) is 33.2 Å². The molecule has 0 fully saturated rings. The summed E-state index contributed by atoms with van der Waals surface area (Å²) in [4.78, 5) is 4.45. The fourth-order valence-electron chi connectivity index (χ4n) is 2.58. The first-order chi connectivity index (χ1) is 9.81. The first-order valence-electron chi connectivity index (χ1n) is 6.65. The van der Waals surface area contributed by atoms with Gasteiger partial charge in [0.1, 0.15) is 11.2 Å². The van der Waals surface area contributed by atoms with Crippen molar-refractivity contribution < 1.29 is 4.42 Å². The minimum Gasteiger partial charge on any atom is -0.456 e. The highest BCUT2D eigenvalue weighted by Crippen LogP contribution is 2.31. The predicted molar refractivity (Wildman–Crippen MR) is 81.7 cm³/mol. The highest BCUT2D eigenvalue weighted by Gasteiger charge is 2.08. The van der Waals surface area contributed by atoms with Gasteiger partial charge < -0.3 is 4.42 Å². The van der Waals surface area contributed by atoms with Gasteiger partial charge in [0.05, 0.1) is 5.69 Å². The van der Waals surface area contributed by atoms with Crippen molar-refractivity contribution in [3.63, 3.8) is 0 Å². The molecule has 0 atom stereocenters. The summed E-state index contributed by atoms with van der Waals surface area (Å²) in [6, 6.07) is 18.5. The van der Waals surface area contributed by atoms with E-state index in [0.29, 0.717) is 0 Å². The second-order valence-corrected chi connectivity index (χ2v) is 5.03. The van der Waals surface area contributed by atoms with E-state index in [-0.39, 0.29) is 0 Å². The van der Waals surface area contributed by atoms with Crippen LogP contribution in [-0.2, 0) is 0 Å². The van der Waals surface area contributed by atoms with Gasteiger partial charge in [-0.25, -0.2) is 0 Å². The standard InChI is InChI=1S/C18H13NO/c1-12-8-9-19-16(10-12)13-6-7-18-15(11-13)14-4-2-3-5-17(14)20-18/h2-11H,1H3. The Kier molecular flexibility index (Phi) is 2.36. The molecular formula is C18H13NO. The Morgan fingerprint density at radius 1 is 0.850 bits per heavy atom. The van der Waals surface area contributed by atoms with Crippen molar-refractivity contribution in [3.8, 4) is 11.3 Å². The third kappa shape index (κ3) is 1.69. The van der Waals surface area contributed by atoms with Crippen molar-refractivity contribution in [3.05, 3.63) is 66.4 Å². The molecule has 20 heavy (non-hydrogen) atoms. The zero-order chi connectivity index (χ0) is 13.5. The highest BCUT2D eigenvalue weighted by molar-refractivity contribution is 6.06. The molecule has 0 saturated heterocycles. The van der Waals surface area contributed by atoms with Crippen LogP contribution in [0.4, 0.5) is 0 Å². The number of benzene rings is 2. The summed E-state index contributed by atoms with van der Waals surface area (Å²) in [5.41, 5.74) is 5.18. The van der Waals surface area contributed by atoms with Gasteiger partial charge in [0.25, 0.3) is 0 Å². The van der Waals surface area contributed by atoms with Gasteiger partial charge in [-0.3, -0.25) is 4.98 Å². The van der Waals surface area contributed by atoms with Crippen molar-refractivity contribution >= 4 is 21.9 Å². The number of nitrogens with zero attached hydrogens (tertiary/aromatic N) is 1. The normalized spacial score (nSPS) is 11.2. The van der Waals surface area contributed by atoms with Gasteiger partial charge in [-0.2, -0.15) is 0 Å². The number of furan rings is 1. The van der Waals surface area contributed by atoms with Crippen LogP contribution in [0.2, 0.25) is 0 Å². The van der Waals surface area contributed by atoms with E-state index in [1.54, 1.807) is 0 Å². The van der Waals surface area contributed by atoms with Crippen LogP contribution < -0.4 is 0 Å². The Hall–Kier alpha value is -2.61. The lowest BCUT2D eigenvalue weighted by Gasteiger charge is -2.01. The number of fused-ring (bicyclic) bond motifs is 3. The van der Waals surface area contributed by atoms with Gasteiger partial charge in [0, 0.05) is 22.5 Å². The van der Waals surface area contributed by atoms with Crippen molar-refractivity contribution in [2.45, 2.75) is 6.92 Å². The van der Waals surface area contributed by atoms with E-state index in [1.807, 2.05) is 36.5 Å². The first-order valence-corrected chi connectivity index (χ1v) is 6.65. The molecule has 0 amide bonds. The van der Waals surface area contributed by atoms with Crippen LogP contribution in [0.5, 0.6) is 0 Å². The molecule has 0 bridgehead atoms. The van der Waals surface area contributed by atoms with E-state index in [4.69, 9.17) is 4.42 Å². The van der Waals surface area contributed by atoms with Gasteiger partial charge >= 0.3 is 0 Å². The van der Waals surface area contributed by atoms with Crippen molar-refractivity contribution in [2.24, 2.45) is 0 Å². The molecule has 0 aliphatic heterocycles. The minimum atomic E-state index is 0.919. The highest BCUT2D eigenvalue weighted by atomic mass is 16.3. The molecule has 0 aliphatic rings. The summed E-state index contributed by atoms with van der Waals surface area (Å²) in [6.07, 6.45) is 1.85. The van der Waals surface area contributed by atoms with Crippen LogP contribution >= 0.6 is 0 Å². The topological polar surface area (TPSA) is 26.0 Å². The Balaban J connectivity index is 2.00. The summed E-state index contributed by atoms with van der Waals surface area (Å²) in [7, 11) is 0. The molecule has 0 spiro atoms. The number of rotatable bonds is 1. The molecule has 0 N–H and O–H groups in total. The third-order valence-corrected chi connectivity index (χ3v) is 3.59. The lowest BCUT2D eigenvalue weighted by Crippen LogP contribution is -1.83. The van der Waals surface area contributed by atoms with Crippen LogP contribution in [-0.4, -0.2) is 4.98 Å². The SMILES string of the molecule is Cc1ccnc(-c2ccc3oc4ccccc4c3c2)c1. The zero-order valence-electron chi connectivity index (χ0n) is 11.1. The van der Waals surface area contributed by atoms with E-state index in [1.165, 1.54) is 5.56 Å². The maximum atomic E-state index is 5.85. The number of hydrogen-bond donors (Lipinski definition) is 0. The van der Waals surface area contributed by atoms with Crippen molar-refractivity contribution in [1.29, 1.82) is 0 Å². The van der Waals surface area contributed by atoms with Crippen molar-refractivity contribution in [2.75, 3.05) is 0 Å². The van der Waals surface area contributed by atoms with E-state index >= 15 is 0 Å². The molecule has 0 saturated carbocycles. The number of hydrogen-bond acceptors (Lipinski definition) is 2. The minimum absolute atomic E-state index is 0.919. The molecule has 2 heterocycles. The molecule has 2 aromatic heterocycles. The van der Waals surface area contributed by atoms with Gasteiger partial charge in [-0.15, -0.1) is 0 Å². The van der Waals surface area contributed by atoms with E-state index < -0.39 is 0 Å². The quantitative estimate of drug-likeness (QED) is 0.483. The summed E-state index contributed by atoms with van der Waals surface area (Å²) < 4.78 is 5.85. The Morgan fingerprint density at radius 3 is 2.60 bits per heavy atom. The van der Waals surface area contributed by atoms with Crippen LogP contribution in [0.3, 0.4) is 0 Å². The Morgan fingerprint density at radius 2 is 1.70 bits per heavy atom. The van der Waals surface area contributed by atoms with Crippen LogP contribution in [0, 0.1) is 6.92 Å². The van der Waals surface area contributed by atoms with Gasteiger partial charge in [0.15, 0.2) is 0 Å². The van der Waals surface area contributed by atoms with Gasteiger partial charge in [-0.1, -0.05) is 18.2 Å². The smallest absolute Gasteiger partial charge is 0.135 e. The summed E-state index contributed by atoms with van der Waals surface area (Å²) in [5, 5.41) is 2.29. The number of aromatic nitrogens is 1. The lowest BCUT2D eigenvalue weighted by molar-refractivity contribution is 0.669. The maximum Gasteiger partial charge on any atom is 0.135 e. The molecule has 2 nitrogen and oxygen atoms in total. The fourth-order valence-corrected chi connectivity index (χ4v) is 2.58. The average Bonchev–Trinajstić information content (AvgIpc) is 2.85. The number of para-hydroxylation sites is 1. The fraction of sp³-hybridized carbons (Fsp3) is 0.0556. The van der Waals surface area contributed by atoms with Crippen molar-refractivity contribution in [1.82, 2.24) is 4.98 Å². The summed E-state index contributed by atoms with van der Waals surface area (Å²) in [5.74, 6) is 0.